The minimum Gasteiger partial charge on any atom is -0.456 e. The second-order valence-electron chi connectivity index (χ2n) is 8.96. The third-order valence-electron chi connectivity index (χ3n) is 5.35. The Kier molecular flexibility index (Phi) is 6.77. The minimum absolute atomic E-state index is 0.0404. The number of pyridine rings is 1. The Morgan fingerprint density at radius 1 is 1.26 bits per heavy atom. The van der Waals surface area contributed by atoms with Crippen molar-refractivity contribution >= 4 is 51.2 Å². The number of hydrogen-bond acceptors (Lipinski definition) is 8. The molecule has 0 atom stereocenters. The fourth-order valence-corrected chi connectivity index (χ4v) is 4.09. The van der Waals surface area contributed by atoms with Crippen LogP contribution in [-0.2, 0) is 9.47 Å². The van der Waals surface area contributed by atoms with E-state index in [1.807, 2.05) is 0 Å². The lowest BCUT2D eigenvalue weighted by atomic mass is 10.1. The van der Waals surface area contributed by atoms with Crippen LogP contribution in [0.1, 0.15) is 31.1 Å². The monoisotopic (exact) mass is 502 g/mol. The van der Waals surface area contributed by atoms with Gasteiger partial charge in [-0.3, -0.25) is 15.1 Å². The summed E-state index contributed by atoms with van der Waals surface area (Å²) in [5, 5.41) is 16.2. The van der Waals surface area contributed by atoms with E-state index >= 15 is 4.39 Å². The molecule has 0 saturated carbocycles. The molecular formula is C24H24ClFN4O5. The van der Waals surface area contributed by atoms with Crippen LogP contribution in [0.4, 0.5) is 27.1 Å². The van der Waals surface area contributed by atoms with E-state index in [0.717, 1.165) is 0 Å². The number of para-hydroxylation sites is 1. The van der Waals surface area contributed by atoms with Crippen LogP contribution >= 0.6 is 11.6 Å². The van der Waals surface area contributed by atoms with E-state index in [4.69, 9.17) is 21.1 Å². The molecule has 1 aliphatic heterocycles. The van der Waals surface area contributed by atoms with Gasteiger partial charge in [-0.1, -0.05) is 23.7 Å². The Labute approximate surface area is 205 Å². The molecular weight excluding hydrogens is 479 g/mol. The fraction of sp³-hybridized carbons (Fsp3) is 0.333. The van der Waals surface area contributed by atoms with E-state index in [0.29, 0.717) is 47.9 Å². The lowest BCUT2D eigenvalue weighted by Gasteiger charge is -2.30. The number of rotatable bonds is 5. The molecule has 2 heterocycles. The molecule has 0 aliphatic carbocycles. The molecule has 1 aliphatic rings. The van der Waals surface area contributed by atoms with Crippen LogP contribution in [0.5, 0.6) is 0 Å². The molecule has 0 bridgehead atoms. The number of nitrogens with zero attached hydrogens (tertiary/aromatic N) is 3. The largest absolute Gasteiger partial charge is 0.456 e. The first kappa shape index (κ1) is 24.6. The molecule has 9 nitrogen and oxygen atoms in total. The van der Waals surface area contributed by atoms with Gasteiger partial charge in [0.25, 0.3) is 0 Å². The highest BCUT2D eigenvalue weighted by molar-refractivity contribution is 6.35. The van der Waals surface area contributed by atoms with E-state index in [-0.39, 0.29) is 11.4 Å². The van der Waals surface area contributed by atoms with Crippen LogP contribution in [0.3, 0.4) is 0 Å². The van der Waals surface area contributed by atoms with Crippen molar-refractivity contribution in [3.8, 4) is 0 Å². The topological polar surface area (TPSA) is 107 Å². The third-order valence-corrected chi connectivity index (χ3v) is 5.65. The number of carbonyl (C=O) groups is 1. The Morgan fingerprint density at radius 2 is 1.97 bits per heavy atom. The Hall–Kier alpha value is -3.50. The maximum atomic E-state index is 15.8. The van der Waals surface area contributed by atoms with E-state index in [1.165, 1.54) is 12.3 Å². The molecule has 35 heavy (non-hydrogen) atoms. The summed E-state index contributed by atoms with van der Waals surface area (Å²) >= 11 is 6.26. The summed E-state index contributed by atoms with van der Waals surface area (Å²) in [6.45, 7) is 6.24. The highest BCUT2D eigenvalue weighted by Gasteiger charge is 2.36. The predicted octanol–water partition coefficient (Wildman–Crippen LogP) is 5.47. The van der Waals surface area contributed by atoms with Gasteiger partial charge in [-0.25, -0.2) is 9.18 Å². The Morgan fingerprint density at radius 3 is 2.63 bits per heavy atom. The normalized spacial score (nSPS) is 14.1. The van der Waals surface area contributed by atoms with Crippen LogP contribution in [0.15, 0.2) is 36.5 Å². The molecule has 1 fully saturated rings. The van der Waals surface area contributed by atoms with Crippen molar-refractivity contribution in [1.29, 1.82) is 0 Å². The number of aromatic nitrogens is 1. The number of carbonyl (C=O) groups excluding carboxylic acids is 1. The zero-order chi connectivity index (χ0) is 25.3. The molecule has 1 N–H and O–H groups in total. The van der Waals surface area contributed by atoms with Crippen LogP contribution in [-0.4, -0.2) is 47.8 Å². The summed E-state index contributed by atoms with van der Waals surface area (Å²) in [5.74, 6) is -2.14. The van der Waals surface area contributed by atoms with Crippen molar-refractivity contribution in [2.24, 2.45) is 0 Å². The van der Waals surface area contributed by atoms with E-state index < -0.39 is 33.6 Å². The van der Waals surface area contributed by atoms with Gasteiger partial charge in [-0.15, -0.1) is 0 Å². The Balaban J connectivity index is 1.93. The molecule has 0 unspecified atom stereocenters. The SMILES string of the molecule is CC(C)(C)OC(=O)c1c(F)c(N2CCOCC2)cc(Nc2ccnc3c(Cl)cccc23)c1[N+](=O)[O-]. The molecule has 3 aromatic rings. The molecule has 2 aromatic carbocycles. The first-order valence-corrected chi connectivity index (χ1v) is 11.3. The number of hydrogen-bond donors (Lipinski definition) is 1. The van der Waals surface area contributed by atoms with Crippen molar-refractivity contribution in [3.63, 3.8) is 0 Å². The number of ether oxygens (including phenoxy) is 2. The average Bonchev–Trinajstić information content (AvgIpc) is 2.79. The van der Waals surface area contributed by atoms with Crippen molar-refractivity contribution in [1.82, 2.24) is 4.98 Å². The molecule has 1 saturated heterocycles. The number of benzene rings is 2. The van der Waals surface area contributed by atoms with Gasteiger partial charge in [0, 0.05) is 30.4 Å². The standard InChI is InChI=1S/C24H24ClFN4O5/c1-24(2,3)35-23(31)19-20(26)18(29-9-11-34-12-10-29)13-17(22(19)30(32)33)28-16-7-8-27-21-14(16)5-4-6-15(21)25/h4-8,13H,9-12H2,1-3H3,(H,27,28). The number of fused-ring (bicyclic) bond motifs is 1. The maximum absolute atomic E-state index is 15.8. The van der Waals surface area contributed by atoms with Crippen molar-refractivity contribution in [3.05, 3.63) is 63.0 Å². The number of anilines is 3. The van der Waals surface area contributed by atoms with Gasteiger partial charge in [0.2, 0.25) is 0 Å². The van der Waals surface area contributed by atoms with Gasteiger partial charge in [0.1, 0.15) is 11.3 Å². The fourth-order valence-electron chi connectivity index (χ4n) is 3.86. The predicted molar refractivity (Wildman–Crippen MR) is 131 cm³/mol. The highest BCUT2D eigenvalue weighted by atomic mass is 35.5. The van der Waals surface area contributed by atoms with Crippen molar-refractivity contribution < 1.29 is 23.6 Å². The molecule has 0 amide bonds. The summed E-state index contributed by atoms with van der Waals surface area (Å²) in [6.07, 6.45) is 1.50. The number of morpholine rings is 1. The van der Waals surface area contributed by atoms with Gasteiger partial charge >= 0.3 is 11.7 Å². The quantitative estimate of drug-likeness (QED) is 0.278. The van der Waals surface area contributed by atoms with Gasteiger partial charge in [-0.2, -0.15) is 0 Å². The van der Waals surface area contributed by atoms with Gasteiger partial charge in [-0.05, 0) is 39.0 Å². The highest BCUT2D eigenvalue weighted by Crippen LogP contribution is 2.41. The van der Waals surface area contributed by atoms with E-state index in [1.54, 1.807) is 49.9 Å². The lowest BCUT2D eigenvalue weighted by molar-refractivity contribution is -0.384. The van der Waals surface area contributed by atoms with E-state index in [9.17, 15) is 14.9 Å². The van der Waals surface area contributed by atoms with Gasteiger partial charge in [0.15, 0.2) is 11.4 Å². The molecule has 184 valence electrons. The maximum Gasteiger partial charge on any atom is 0.348 e. The second kappa shape index (κ2) is 9.63. The van der Waals surface area contributed by atoms with Crippen LogP contribution in [0, 0.1) is 15.9 Å². The molecule has 1 aromatic heterocycles. The summed E-state index contributed by atoms with van der Waals surface area (Å²) in [7, 11) is 0. The number of nitro groups is 1. The average molecular weight is 503 g/mol. The first-order valence-electron chi connectivity index (χ1n) is 10.9. The summed E-state index contributed by atoms with van der Waals surface area (Å²) in [5.41, 5.74) is -1.53. The minimum atomic E-state index is -1.12. The van der Waals surface area contributed by atoms with Crippen molar-refractivity contribution in [2.45, 2.75) is 26.4 Å². The lowest BCUT2D eigenvalue weighted by Crippen LogP contribution is -2.37. The van der Waals surface area contributed by atoms with Crippen LogP contribution in [0.25, 0.3) is 10.9 Å². The van der Waals surface area contributed by atoms with Gasteiger partial charge in [0.05, 0.1) is 34.4 Å². The number of nitro benzene ring substituents is 1. The number of halogens is 2. The molecule has 4 rings (SSSR count). The molecule has 0 spiro atoms. The van der Waals surface area contributed by atoms with Crippen LogP contribution < -0.4 is 10.2 Å². The summed E-state index contributed by atoms with van der Waals surface area (Å²) in [6, 6.07) is 8.11. The Bertz CT molecular complexity index is 1310. The molecule has 0 radical (unpaired) electrons. The van der Waals surface area contributed by atoms with Crippen LogP contribution in [0.2, 0.25) is 5.02 Å². The number of esters is 1. The summed E-state index contributed by atoms with van der Waals surface area (Å²) < 4.78 is 26.5. The van der Waals surface area contributed by atoms with Crippen molar-refractivity contribution in [2.75, 3.05) is 36.5 Å². The molecule has 11 heteroatoms. The first-order chi connectivity index (χ1) is 16.6. The van der Waals surface area contributed by atoms with Gasteiger partial charge < -0.3 is 19.7 Å². The smallest absolute Gasteiger partial charge is 0.348 e. The van der Waals surface area contributed by atoms with E-state index in [2.05, 4.69) is 10.3 Å². The third kappa shape index (κ3) is 5.13. The zero-order valence-electron chi connectivity index (χ0n) is 19.4. The second-order valence-corrected chi connectivity index (χ2v) is 9.37. The summed E-state index contributed by atoms with van der Waals surface area (Å²) in [4.78, 5) is 30.4. The zero-order valence-corrected chi connectivity index (χ0v) is 20.2. The number of nitrogens with one attached hydrogen (secondary N) is 1.